The summed E-state index contributed by atoms with van der Waals surface area (Å²) in [5, 5.41) is 3.31. The fraction of sp³-hybridized carbons (Fsp3) is 0.235. The molecule has 0 saturated carbocycles. The number of aromatic nitrogens is 1. The molecule has 3 heteroatoms. The average Bonchev–Trinajstić information content (AvgIpc) is 2.55. The molecule has 0 spiro atoms. The van der Waals surface area contributed by atoms with Crippen molar-refractivity contribution in [2.75, 3.05) is 13.1 Å². The number of ether oxygens (including phenoxy) is 1. The Balaban J connectivity index is 1.63. The van der Waals surface area contributed by atoms with E-state index in [1.54, 1.807) is 6.20 Å². The summed E-state index contributed by atoms with van der Waals surface area (Å²) in [6, 6.07) is 14.2. The Bertz CT molecular complexity index is 576. The van der Waals surface area contributed by atoms with Crippen molar-refractivity contribution in [1.29, 1.82) is 0 Å². The molecular formula is C17H18N2O. The average molecular weight is 266 g/mol. The molecule has 1 aromatic heterocycles. The summed E-state index contributed by atoms with van der Waals surface area (Å²) in [7, 11) is 0. The Labute approximate surface area is 119 Å². The van der Waals surface area contributed by atoms with Gasteiger partial charge in [-0.1, -0.05) is 36.4 Å². The molecular weight excluding hydrogens is 248 g/mol. The summed E-state index contributed by atoms with van der Waals surface area (Å²) < 4.78 is 5.74. The second kappa shape index (κ2) is 6.35. The van der Waals surface area contributed by atoms with Crippen molar-refractivity contribution in [3.63, 3.8) is 0 Å². The molecule has 2 aromatic rings. The Kier molecular flexibility index (Phi) is 4.09. The number of nitrogens with zero attached hydrogens (tertiary/aromatic N) is 1. The Hall–Kier alpha value is -2.13. The third-order valence-electron chi connectivity index (χ3n) is 3.38. The molecule has 0 saturated heterocycles. The fourth-order valence-electron chi connectivity index (χ4n) is 2.25. The van der Waals surface area contributed by atoms with Crippen molar-refractivity contribution in [2.24, 2.45) is 0 Å². The molecule has 0 atom stereocenters. The molecule has 3 nitrogen and oxygen atoms in total. The molecule has 1 aliphatic heterocycles. The van der Waals surface area contributed by atoms with E-state index in [9.17, 15) is 0 Å². The standard InChI is InChI=1S/C17H18N2O/c1-2-4-14(5-3-1)13-20-16-6-7-17(19-12-16)15-8-10-18-11-9-15/h1-8,12,18H,9-11,13H2. The van der Waals surface area contributed by atoms with Crippen LogP contribution in [-0.4, -0.2) is 18.1 Å². The van der Waals surface area contributed by atoms with Gasteiger partial charge in [0.2, 0.25) is 0 Å². The van der Waals surface area contributed by atoms with Gasteiger partial charge in [0, 0.05) is 6.54 Å². The second-order valence-electron chi connectivity index (χ2n) is 4.84. The first-order valence-corrected chi connectivity index (χ1v) is 6.95. The molecule has 0 radical (unpaired) electrons. The van der Waals surface area contributed by atoms with E-state index in [1.165, 1.54) is 5.57 Å². The summed E-state index contributed by atoms with van der Waals surface area (Å²) in [6.07, 6.45) is 5.05. The molecule has 0 fully saturated rings. The molecule has 2 heterocycles. The molecule has 0 unspecified atom stereocenters. The highest BCUT2D eigenvalue weighted by Gasteiger charge is 2.07. The van der Waals surface area contributed by atoms with Crippen LogP contribution in [0.3, 0.4) is 0 Å². The number of hydrogen-bond acceptors (Lipinski definition) is 3. The molecule has 20 heavy (non-hydrogen) atoms. The summed E-state index contributed by atoms with van der Waals surface area (Å²) >= 11 is 0. The predicted octanol–water partition coefficient (Wildman–Crippen LogP) is 3.04. The lowest BCUT2D eigenvalue weighted by molar-refractivity contribution is 0.305. The van der Waals surface area contributed by atoms with Gasteiger partial charge in [0.15, 0.2) is 0 Å². The number of nitrogens with one attached hydrogen (secondary N) is 1. The third kappa shape index (κ3) is 3.25. The zero-order valence-electron chi connectivity index (χ0n) is 11.4. The van der Waals surface area contributed by atoms with Gasteiger partial charge in [-0.05, 0) is 36.2 Å². The lowest BCUT2D eigenvalue weighted by atomic mass is 10.1. The minimum Gasteiger partial charge on any atom is -0.487 e. The van der Waals surface area contributed by atoms with Crippen molar-refractivity contribution in [3.05, 3.63) is 66.0 Å². The van der Waals surface area contributed by atoms with E-state index >= 15 is 0 Å². The molecule has 1 aromatic carbocycles. The number of pyridine rings is 1. The lowest BCUT2D eigenvalue weighted by Crippen LogP contribution is -2.20. The minimum atomic E-state index is 0.578. The largest absolute Gasteiger partial charge is 0.487 e. The SMILES string of the molecule is C1=C(c2ccc(OCc3ccccc3)cn2)CCNC1. The zero-order valence-corrected chi connectivity index (χ0v) is 11.4. The molecule has 1 aliphatic rings. The molecule has 0 aliphatic carbocycles. The fourth-order valence-corrected chi connectivity index (χ4v) is 2.25. The highest BCUT2D eigenvalue weighted by Crippen LogP contribution is 2.20. The van der Waals surface area contributed by atoms with E-state index in [2.05, 4.69) is 28.5 Å². The van der Waals surface area contributed by atoms with Gasteiger partial charge in [-0.25, -0.2) is 0 Å². The Morgan fingerprint density at radius 1 is 1.10 bits per heavy atom. The number of hydrogen-bond donors (Lipinski definition) is 1. The van der Waals surface area contributed by atoms with Crippen molar-refractivity contribution < 1.29 is 4.74 Å². The van der Waals surface area contributed by atoms with Gasteiger partial charge in [-0.15, -0.1) is 0 Å². The van der Waals surface area contributed by atoms with E-state index < -0.39 is 0 Å². The van der Waals surface area contributed by atoms with Crippen LogP contribution in [-0.2, 0) is 6.61 Å². The first-order valence-electron chi connectivity index (χ1n) is 6.95. The monoisotopic (exact) mass is 266 g/mol. The molecule has 0 amide bonds. The highest BCUT2D eigenvalue weighted by atomic mass is 16.5. The Morgan fingerprint density at radius 2 is 2.00 bits per heavy atom. The van der Waals surface area contributed by atoms with E-state index in [0.29, 0.717) is 6.61 Å². The number of rotatable bonds is 4. The van der Waals surface area contributed by atoms with Crippen LogP contribution in [0.1, 0.15) is 17.7 Å². The van der Waals surface area contributed by atoms with Crippen LogP contribution in [0.4, 0.5) is 0 Å². The van der Waals surface area contributed by atoms with Gasteiger partial charge in [-0.2, -0.15) is 0 Å². The van der Waals surface area contributed by atoms with E-state index in [1.807, 2.05) is 30.3 Å². The van der Waals surface area contributed by atoms with Crippen LogP contribution < -0.4 is 10.1 Å². The van der Waals surface area contributed by atoms with Gasteiger partial charge in [0.25, 0.3) is 0 Å². The lowest BCUT2D eigenvalue weighted by Gasteiger charge is -2.13. The maximum Gasteiger partial charge on any atom is 0.138 e. The first-order chi connectivity index (χ1) is 9.92. The summed E-state index contributed by atoms with van der Waals surface area (Å²) in [5.74, 6) is 0.812. The summed E-state index contributed by atoms with van der Waals surface area (Å²) in [4.78, 5) is 4.49. The smallest absolute Gasteiger partial charge is 0.138 e. The molecule has 1 N–H and O–H groups in total. The first kappa shape index (κ1) is 12.9. The minimum absolute atomic E-state index is 0.578. The Morgan fingerprint density at radius 3 is 2.70 bits per heavy atom. The van der Waals surface area contributed by atoms with Crippen molar-refractivity contribution in [1.82, 2.24) is 10.3 Å². The maximum atomic E-state index is 5.74. The van der Waals surface area contributed by atoms with Crippen LogP contribution in [0.2, 0.25) is 0 Å². The summed E-state index contributed by atoms with van der Waals surface area (Å²) in [5.41, 5.74) is 3.54. The summed E-state index contributed by atoms with van der Waals surface area (Å²) in [6.45, 7) is 2.54. The van der Waals surface area contributed by atoms with Gasteiger partial charge >= 0.3 is 0 Å². The maximum absolute atomic E-state index is 5.74. The quantitative estimate of drug-likeness (QED) is 0.923. The van der Waals surface area contributed by atoms with Gasteiger partial charge in [-0.3, -0.25) is 4.98 Å². The third-order valence-corrected chi connectivity index (χ3v) is 3.38. The van der Waals surface area contributed by atoms with Crippen LogP contribution in [0, 0.1) is 0 Å². The van der Waals surface area contributed by atoms with Gasteiger partial charge in [0.1, 0.15) is 12.4 Å². The van der Waals surface area contributed by atoms with Crippen molar-refractivity contribution >= 4 is 5.57 Å². The van der Waals surface area contributed by atoms with E-state index in [0.717, 1.165) is 36.5 Å². The van der Waals surface area contributed by atoms with E-state index in [-0.39, 0.29) is 0 Å². The van der Waals surface area contributed by atoms with E-state index in [4.69, 9.17) is 4.74 Å². The second-order valence-corrected chi connectivity index (χ2v) is 4.84. The van der Waals surface area contributed by atoms with Crippen molar-refractivity contribution in [3.8, 4) is 5.75 Å². The van der Waals surface area contributed by atoms with Crippen molar-refractivity contribution in [2.45, 2.75) is 13.0 Å². The topological polar surface area (TPSA) is 34.1 Å². The number of benzene rings is 1. The van der Waals surface area contributed by atoms with Crippen LogP contribution in [0.25, 0.3) is 5.57 Å². The predicted molar refractivity (Wildman–Crippen MR) is 80.5 cm³/mol. The van der Waals surface area contributed by atoms with Gasteiger partial charge < -0.3 is 10.1 Å². The van der Waals surface area contributed by atoms with Crippen LogP contribution in [0.5, 0.6) is 5.75 Å². The van der Waals surface area contributed by atoms with Crippen LogP contribution in [0.15, 0.2) is 54.7 Å². The molecule has 3 rings (SSSR count). The normalized spacial score (nSPS) is 14.7. The zero-order chi connectivity index (χ0) is 13.6. The highest BCUT2D eigenvalue weighted by molar-refractivity contribution is 5.63. The van der Waals surface area contributed by atoms with Gasteiger partial charge in [0.05, 0.1) is 11.9 Å². The molecule has 102 valence electrons. The molecule has 0 bridgehead atoms. The van der Waals surface area contributed by atoms with Crippen LogP contribution >= 0.6 is 0 Å².